The van der Waals surface area contributed by atoms with Gasteiger partial charge < -0.3 is 53.7 Å². The normalized spacial score (nSPS) is 11.5. The number of ether oxygens (including phenoxy) is 2. The molecule has 12 N–H and O–H groups in total. The molecular weight excluding hydrogens is 608 g/mol. The van der Waals surface area contributed by atoms with Crippen molar-refractivity contribution in [1.82, 2.24) is 19.8 Å². The average Bonchev–Trinajstić information content (AvgIpc) is 3.03. The molecule has 4 rings (SSSR count). The lowest BCUT2D eigenvalue weighted by atomic mass is 10.1. The summed E-state index contributed by atoms with van der Waals surface area (Å²) in [5.74, 6) is 17.8. The number of carboxylic acid groups (broad SMARTS) is 2. The van der Waals surface area contributed by atoms with E-state index in [0.29, 0.717) is 0 Å². The van der Waals surface area contributed by atoms with Crippen LogP contribution in [-0.2, 0) is 0 Å². The van der Waals surface area contributed by atoms with Crippen LogP contribution in [0.4, 0.5) is 11.4 Å². The van der Waals surface area contributed by atoms with Crippen molar-refractivity contribution in [3.05, 3.63) is 94.2 Å². The van der Waals surface area contributed by atoms with Crippen LogP contribution in [0.25, 0.3) is 0 Å². The summed E-state index contributed by atoms with van der Waals surface area (Å²) in [6, 6.07) is 13.2. The molecule has 2 amide bonds. The quantitative estimate of drug-likeness (QED) is 0.0524. The first kappa shape index (κ1) is 31.8. The number of carbonyl (C=O) groups is 4. The lowest BCUT2D eigenvalue weighted by Gasteiger charge is -2.13. The molecule has 0 fully saturated rings. The smallest absolute Gasteiger partial charge is 0.337 e. The van der Waals surface area contributed by atoms with Crippen LogP contribution in [0.15, 0.2) is 70.9 Å². The summed E-state index contributed by atoms with van der Waals surface area (Å²) in [5.41, 5.74) is -0.688. The molecule has 4 aromatic rings. The van der Waals surface area contributed by atoms with Crippen molar-refractivity contribution >= 4 is 35.1 Å². The Bertz CT molecular complexity index is 1970. The topological polar surface area (TPSA) is 316 Å². The SMILES string of the molecule is N/N=c1/ccc(C(=O)Nc2cc(OCCOc3ccc(NC(=O)c4cc/c(=N/N)n(N)n4)c(C(=O)O)c3)ccc2C(=O)O)nn1N. The third-order valence-corrected chi connectivity index (χ3v) is 5.97. The van der Waals surface area contributed by atoms with Crippen molar-refractivity contribution in [3.63, 3.8) is 0 Å². The number of hydrogen-bond acceptors (Lipinski definition) is 14. The molecule has 20 nitrogen and oxygen atoms in total. The largest absolute Gasteiger partial charge is 0.490 e. The number of carbonyl (C=O) groups excluding carboxylic acids is 2. The van der Waals surface area contributed by atoms with Crippen molar-refractivity contribution in [2.45, 2.75) is 0 Å². The highest BCUT2D eigenvalue weighted by molar-refractivity contribution is 6.07. The van der Waals surface area contributed by atoms with Crippen molar-refractivity contribution in [3.8, 4) is 11.5 Å². The van der Waals surface area contributed by atoms with E-state index >= 15 is 0 Å². The van der Waals surface area contributed by atoms with E-state index in [2.05, 4.69) is 31.0 Å². The molecule has 0 radical (unpaired) electrons. The number of nitrogens with one attached hydrogen (secondary N) is 2. The van der Waals surface area contributed by atoms with E-state index in [1.807, 2.05) is 0 Å². The summed E-state index contributed by atoms with van der Waals surface area (Å²) in [5, 5.41) is 38.6. The summed E-state index contributed by atoms with van der Waals surface area (Å²) in [6.07, 6.45) is 0. The highest BCUT2D eigenvalue weighted by Crippen LogP contribution is 2.25. The summed E-state index contributed by atoms with van der Waals surface area (Å²) in [6.45, 7) is -0.125. The van der Waals surface area contributed by atoms with E-state index in [9.17, 15) is 29.4 Å². The summed E-state index contributed by atoms with van der Waals surface area (Å²) in [7, 11) is 0. The van der Waals surface area contributed by atoms with E-state index in [0.717, 1.165) is 9.58 Å². The Morgan fingerprint density at radius 3 is 1.63 bits per heavy atom. The Labute approximate surface area is 257 Å². The zero-order valence-corrected chi connectivity index (χ0v) is 23.5. The predicted octanol–water partition coefficient (Wildman–Crippen LogP) is -1.59. The molecule has 0 aliphatic heterocycles. The van der Waals surface area contributed by atoms with Gasteiger partial charge in [0.2, 0.25) is 0 Å². The molecule has 0 aliphatic rings. The highest BCUT2D eigenvalue weighted by atomic mass is 16.5. The van der Waals surface area contributed by atoms with Gasteiger partial charge in [-0.25, -0.2) is 9.59 Å². The minimum absolute atomic E-state index is 0.0334. The Morgan fingerprint density at radius 2 is 1.15 bits per heavy atom. The zero-order valence-electron chi connectivity index (χ0n) is 23.5. The first-order valence-electron chi connectivity index (χ1n) is 12.8. The van der Waals surface area contributed by atoms with Gasteiger partial charge >= 0.3 is 11.9 Å². The van der Waals surface area contributed by atoms with E-state index < -0.39 is 23.8 Å². The van der Waals surface area contributed by atoms with Crippen LogP contribution < -0.4 is 54.5 Å². The van der Waals surface area contributed by atoms with Gasteiger partial charge in [0.25, 0.3) is 11.8 Å². The second kappa shape index (κ2) is 13.9. The number of nitrogens with two attached hydrogens (primary N) is 4. The fourth-order valence-corrected chi connectivity index (χ4v) is 3.80. The van der Waals surface area contributed by atoms with Gasteiger partial charge in [0.05, 0.1) is 22.5 Å². The number of aromatic carboxylic acids is 2. The molecule has 46 heavy (non-hydrogen) atoms. The van der Waals surface area contributed by atoms with E-state index in [1.54, 1.807) is 0 Å². The van der Waals surface area contributed by atoms with Crippen LogP contribution in [-0.4, -0.2) is 67.0 Å². The minimum atomic E-state index is -1.34. The number of amides is 2. The van der Waals surface area contributed by atoms with Gasteiger partial charge in [-0.2, -0.15) is 19.8 Å². The lowest BCUT2D eigenvalue weighted by Crippen LogP contribution is -2.33. The number of anilines is 2. The maximum atomic E-state index is 12.7. The van der Waals surface area contributed by atoms with Crippen LogP contribution in [0, 0.1) is 0 Å². The molecule has 0 saturated heterocycles. The average molecular weight is 635 g/mol. The van der Waals surface area contributed by atoms with E-state index in [1.165, 1.54) is 60.7 Å². The third-order valence-electron chi connectivity index (χ3n) is 5.97. The molecule has 2 aromatic heterocycles. The van der Waals surface area contributed by atoms with Crippen LogP contribution in [0.2, 0.25) is 0 Å². The second-order valence-corrected chi connectivity index (χ2v) is 8.93. The van der Waals surface area contributed by atoms with Gasteiger partial charge in [0, 0.05) is 6.07 Å². The molecule has 2 aromatic carbocycles. The number of rotatable bonds is 11. The zero-order chi connectivity index (χ0) is 33.4. The molecule has 0 spiro atoms. The number of benzene rings is 2. The van der Waals surface area contributed by atoms with Gasteiger partial charge in [-0.3, -0.25) is 9.59 Å². The summed E-state index contributed by atoms with van der Waals surface area (Å²) < 4.78 is 11.2. The van der Waals surface area contributed by atoms with Crippen LogP contribution >= 0.6 is 0 Å². The fraction of sp³-hybridized carbons (Fsp3) is 0.0769. The van der Waals surface area contributed by atoms with Gasteiger partial charge in [-0.15, -0.1) is 10.2 Å². The predicted molar refractivity (Wildman–Crippen MR) is 158 cm³/mol. The molecule has 2 heterocycles. The van der Waals surface area contributed by atoms with Gasteiger partial charge in [-0.05, 0) is 54.6 Å². The Balaban J connectivity index is 1.40. The number of carboxylic acids is 2. The lowest BCUT2D eigenvalue weighted by molar-refractivity contribution is 0.0686. The Hall–Kier alpha value is -7.12. The number of hydrogen-bond donors (Lipinski definition) is 8. The summed E-state index contributed by atoms with van der Waals surface area (Å²) >= 11 is 0. The minimum Gasteiger partial charge on any atom is -0.490 e. The van der Waals surface area contributed by atoms with E-state index in [-0.39, 0.29) is 69.6 Å². The molecule has 20 heteroatoms. The van der Waals surface area contributed by atoms with E-state index in [4.69, 9.17) is 32.8 Å². The van der Waals surface area contributed by atoms with Crippen LogP contribution in [0.5, 0.6) is 11.5 Å². The molecular formula is C26H26N12O8. The van der Waals surface area contributed by atoms with Gasteiger partial charge in [0.15, 0.2) is 22.4 Å². The molecule has 0 aliphatic carbocycles. The van der Waals surface area contributed by atoms with Crippen molar-refractivity contribution < 1.29 is 38.9 Å². The first-order valence-corrected chi connectivity index (χ1v) is 12.8. The second-order valence-electron chi connectivity index (χ2n) is 8.93. The van der Waals surface area contributed by atoms with Gasteiger partial charge in [-0.1, -0.05) is 0 Å². The Kier molecular flexibility index (Phi) is 9.61. The summed E-state index contributed by atoms with van der Waals surface area (Å²) in [4.78, 5) is 50.5. The fourth-order valence-electron chi connectivity index (χ4n) is 3.80. The molecule has 0 unspecified atom stereocenters. The number of nitrogens with zero attached hydrogens (tertiary/aromatic N) is 6. The monoisotopic (exact) mass is 634 g/mol. The number of aromatic nitrogens is 4. The van der Waals surface area contributed by atoms with Crippen molar-refractivity contribution in [2.24, 2.45) is 21.9 Å². The van der Waals surface area contributed by atoms with Crippen molar-refractivity contribution in [2.75, 3.05) is 35.5 Å². The standard InChI is InChI=1S/C26H26N12O8/c27-33-21-7-5-18(35-37(21)29)23(39)31-17-4-2-13(11-16(17)26(43)44)45-9-10-46-14-1-3-15(25(41)42)20(12-14)32-24(40)19-6-8-22(34-28)38(30)36-19/h1-8,11-12H,9-10,27-30H2,(H,31,39)(H,32,40)(H,41,42)(H,43,44)/b33-21-,34-22-. The van der Waals surface area contributed by atoms with Crippen LogP contribution in [0.1, 0.15) is 41.7 Å². The third kappa shape index (κ3) is 7.44. The molecule has 0 bridgehead atoms. The van der Waals surface area contributed by atoms with Gasteiger partial charge in [0.1, 0.15) is 24.7 Å². The molecule has 0 saturated carbocycles. The first-order chi connectivity index (χ1) is 22.0. The molecule has 238 valence electrons. The van der Waals surface area contributed by atoms with Crippen LogP contribution in [0.3, 0.4) is 0 Å². The number of nitrogen functional groups attached to an aromatic ring is 2. The maximum Gasteiger partial charge on any atom is 0.337 e. The molecule has 0 atom stereocenters. The maximum absolute atomic E-state index is 12.7. The highest BCUT2D eigenvalue weighted by Gasteiger charge is 2.18. The van der Waals surface area contributed by atoms with Crippen molar-refractivity contribution in [1.29, 1.82) is 0 Å². The Morgan fingerprint density at radius 1 is 0.674 bits per heavy atom.